The third-order valence-electron chi connectivity index (χ3n) is 3.06. The smallest absolute Gasteiger partial charge is 0.268 e. The van der Waals surface area contributed by atoms with Gasteiger partial charge in [-0.15, -0.1) is 0 Å². The van der Waals surface area contributed by atoms with Gasteiger partial charge in [-0.3, -0.25) is 4.79 Å². The Labute approximate surface area is 112 Å². The molecule has 1 unspecified atom stereocenters. The Balaban J connectivity index is 1.98. The Bertz CT molecular complexity index is 462. The van der Waals surface area contributed by atoms with E-state index in [2.05, 4.69) is 15.3 Å². The van der Waals surface area contributed by atoms with Gasteiger partial charge in [0.25, 0.3) is 5.56 Å². The van der Waals surface area contributed by atoms with E-state index in [1.54, 1.807) is 6.20 Å². The highest BCUT2D eigenvalue weighted by atomic mass is 16.5. The zero-order chi connectivity index (χ0) is 13.7. The van der Waals surface area contributed by atoms with Gasteiger partial charge in [-0.1, -0.05) is 0 Å². The molecule has 0 radical (unpaired) electrons. The monoisotopic (exact) mass is 267 g/mol. The molecule has 1 aliphatic heterocycles. The standard InChI is InChI=1S/C12H21N5O2/c1-16-4-5-19-11(8-16)9-17-12(18)6-10(7-15-17)14-3-2-13/h6-7,11,14H,2-5,8-9,13H2,1H3. The molecule has 0 spiro atoms. The van der Waals surface area contributed by atoms with Gasteiger partial charge in [-0.2, -0.15) is 5.10 Å². The molecule has 0 bridgehead atoms. The molecule has 3 N–H and O–H groups in total. The summed E-state index contributed by atoms with van der Waals surface area (Å²) in [4.78, 5) is 14.1. The van der Waals surface area contributed by atoms with E-state index < -0.39 is 0 Å². The molecule has 0 amide bonds. The minimum absolute atomic E-state index is 0.0202. The predicted octanol–water partition coefficient (Wildman–Crippen LogP) is -1.06. The molecule has 0 aliphatic carbocycles. The third-order valence-corrected chi connectivity index (χ3v) is 3.06. The highest BCUT2D eigenvalue weighted by Crippen LogP contribution is 2.05. The number of hydrogen-bond donors (Lipinski definition) is 2. The lowest BCUT2D eigenvalue weighted by Gasteiger charge is -2.29. The van der Waals surface area contributed by atoms with Gasteiger partial charge in [0.15, 0.2) is 0 Å². The Morgan fingerprint density at radius 1 is 1.63 bits per heavy atom. The highest BCUT2D eigenvalue weighted by molar-refractivity contribution is 5.38. The number of hydrogen-bond acceptors (Lipinski definition) is 6. The number of rotatable bonds is 5. The molecule has 2 rings (SSSR count). The molecule has 7 nitrogen and oxygen atoms in total. The molecule has 1 aliphatic rings. The van der Waals surface area contributed by atoms with Crippen molar-refractivity contribution in [1.29, 1.82) is 0 Å². The van der Waals surface area contributed by atoms with Crippen molar-refractivity contribution in [2.45, 2.75) is 12.6 Å². The lowest BCUT2D eigenvalue weighted by Crippen LogP contribution is -2.43. The van der Waals surface area contributed by atoms with Gasteiger partial charge in [0.1, 0.15) is 0 Å². The van der Waals surface area contributed by atoms with Gasteiger partial charge in [0.05, 0.1) is 31.1 Å². The van der Waals surface area contributed by atoms with Crippen LogP contribution in [0.2, 0.25) is 0 Å². The first-order valence-corrected chi connectivity index (χ1v) is 6.50. The number of nitrogens with one attached hydrogen (secondary N) is 1. The van der Waals surface area contributed by atoms with E-state index in [9.17, 15) is 4.79 Å². The summed E-state index contributed by atoms with van der Waals surface area (Å²) in [5.41, 5.74) is 5.97. The van der Waals surface area contributed by atoms with Crippen molar-refractivity contribution in [2.24, 2.45) is 5.73 Å². The molecule has 2 heterocycles. The van der Waals surface area contributed by atoms with Gasteiger partial charge in [-0.25, -0.2) is 4.68 Å². The zero-order valence-corrected chi connectivity index (χ0v) is 11.2. The fraction of sp³-hybridized carbons (Fsp3) is 0.667. The molecule has 1 aromatic heterocycles. The summed E-state index contributed by atoms with van der Waals surface area (Å²) in [5, 5.41) is 7.19. The fourth-order valence-corrected chi connectivity index (χ4v) is 2.05. The number of nitrogens with zero attached hydrogens (tertiary/aromatic N) is 3. The molecule has 7 heteroatoms. The fourth-order valence-electron chi connectivity index (χ4n) is 2.05. The Hall–Kier alpha value is -1.44. The van der Waals surface area contributed by atoms with E-state index in [0.717, 1.165) is 13.1 Å². The topological polar surface area (TPSA) is 85.4 Å². The van der Waals surface area contributed by atoms with Gasteiger partial charge in [-0.05, 0) is 7.05 Å². The van der Waals surface area contributed by atoms with Crippen LogP contribution in [0, 0.1) is 0 Å². The van der Waals surface area contributed by atoms with Crippen molar-refractivity contribution >= 4 is 5.69 Å². The SMILES string of the molecule is CN1CCOC(Cn2ncc(NCCN)cc2=O)C1. The lowest BCUT2D eigenvalue weighted by atomic mass is 10.3. The number of anilines is 1. The van der Waals surface area contributed by atoms with E-state index >= 15 is 0 Å². The first kappa shape index (κ1) is 14.0. The molecular weight excluding hydrogens is 246 g/mol. The molecule has 1 aromatic rings. The molecule has 19 heavy (non-hydrogen) atoms. The molecule has 0 saturated carbocycles. The lowest BCUT2D eigenvalue weighted by molar-refractivity contribution is -0.0296. The third kappa shape index (κ3) is 4.02. The van der Waals surface area contributed by atoms with Crippen LogP contribution in [0.1, 0.15) is 0 Å². The maximum Gasteiger partial charge on any atom is 0.268 e. The average molecular weight is 267 g/mol. The Morgan fingerprint density at radius 2 is 2.47 bits per heavy atom. The van der Waals surface area contributed by atoms with Crippen molar-refractivity contribution in [1.82, 2.24) is 14.7 Å². The number of ether oxygens (including phenoxy) is 1. The summed E-state index contributed by atoms with van der Waals surface area (Å²) in [7, 11) is 2.05. The summed E-state index contributed by atoms with van der Waals surface area (Å²) in [6.07, 6.45) is 1.66. The molecule has 0 aromatic carbocycles. The Morgan fingerprint density at radius 3 is 3.16 bits per heavy atom. The van der Waals surface area contributed by atoms with Gasteiger partial charge >= 0.3 is 0 Å². The summed E-state index contributed by atoms with van der Waals surface area (Å²) < 4.78 is 7.07. The van der Waals surface area contributed by atoms with Crippen LogP contribution >= 0.6 is 0 Å². The molecule has 1 atom stereocenters. The maximum absolute atomic E-state index is 11.9. The second-order valence-corrected chi connectivity index (χ2v) is 4.74. The normalized spacial score (nSPS) is 20.4. The van der Waals surface area contributed by atoms with Crippen molar-refractivity contribution in [2.75, 3.05) is 45.2 Å². The van der Waals surface area contributed by atoms with Crippen LogP contribution in [0.25, 0.3) is 0 Å². The van der Waals surface area contributed by atoms with Crippen LogP contribution in [-0.4, -0.2) is 60.6 Å². The van der Waals surface area contributed by atoms with Crippen molar-refractivity contribution < 1.29 is 4.74 Å². The Kier molecular flexibility index (Phi) is 4.89. The van der Waals surface area contributed by atoms with Crippen molar-refractivity contribution in [3.8, 4) is 0 Å². The van der Waals surface area contributed by atoms with Crippen molar-refractivity contribution in [3.05, 3.63) is 22.6 Å². The minimum atomic E-state index is -0.126. The molecule has 106 valence electrons. The van der Waals surface area contributed by atoms with E-state index in [1.165, 1.54) is 10.7 Å². The number of likely N-dealkylation sites (N-methyl/N-ethyl adjacent to an activating group) is 1. The summed E-state index contributed by atoms with van der Waals surface area (Å²) in [5.74, 6) is 0. The first-order chi connectivity index (χ1) is 9.19. The van der Waals surface area contributed by atoms with Crippen LogP contribution in [0.15, 0.2) is 17.1 Å². The average Bonchev–Trinajstić information content (AvgIpc) is 2.39. The van der Waals surface area contributed by atoms with Crippen molar-refractivity contribution in [3.63, 3.8) is 0 Å². The molecule has 1 fully saturated rings. The largest absolute Gasteiger partial charge is 0.382 e. The maximum atomic E-state index is 11.9. The summed E-state index contributed by atoms with van der Waals surface area (Å²) in [6, 6.07) is 1.54. The number of aromatic nitrogens is 2. The van der Waals surface area contributed by atoms with E-state index in [-0.39, 0.29) is 11.7 Å². The van der Waals surface area contributed by atoms with Crippen LogP contribution in [0.4, 0.5) is 5.69 Å². The highest BCUT2D eigenvalue weighted by Gasteiger charge is 2.18. The quantitative estimate of drug-likeness (QED) is 0.707. The first-order valence-electron chi connectivity index (χ1n) is 6.50. The van der Waals surface area contributed by atoms with Crippen LogP contribution in [-0.2, 0) is 11.3 Å². The van der Waals surface area contributed by atoms with Gasteiger partial charge in [0.2, 0.25) is 0 Å². The zero-order valence-electron chi connectivity index (χ0n) is 11.2. The number of morpholine rings is 1. The van der Waals surface area contributed by atoms with E-state index in [1.807, 2.05) is 7.05 Å². The second-order valence-electron chi connectivity index (χ2n) is 4.74. The number of nitrogens with two attached hydrogens (primary N) is 1. The van der Waals surface area contributed by atoms with E-state index in [0.29, 0.717) is 31.9 Å². The summed E-state index contributed by atoms with van der Waals surface area (Å²) >= 11 is 0. The molecule has 1 saturated heterocycles. The van der Waals surface area contributed by atoms with Crippen LogP contribution in [0.5, 0.6) is 0 Å². The minimum Gasteiger partial charge on any atom is -0.382 e. The van der Waals surface area contributed by atoms with Crippen LogP contribution in [0.3, 0.4) is 0 Å². The summed E-state index contributed by atoms with van der Waals surface area (Å²) in [6.45, 7) is 4.08. The van der Waals surface area contributed by atoms with Crippen LogP contribution < -0.4 is 16.6 Å². The van der Waals surface area contributed by atoms with Gasteiger partial charge in [0, 0.05) is 32.2 Å². The predicted molar refractivity (Wildman–Crippen MR) is 73.3 cm³/mol. The van der Waals surface area contributed by atoms with E-state index in [4.69, 9.17) is 10.5 Å². The second kappa shape index (κ2) is 6.65. The molecular formula is C12H21N5O2. The van der Waals surface area contributed by atoms with Gasteiger partial charge < -0.3 is 20.7 Å².